The molecular formula is C17H25F3O2. The summed E-state index contributed by atoms with van der Waals surface area (Å²) in [5.41, 5.74) is -3.56. The van der Waals surface area contributed by atoms with E-state index in [4.69, 9.17) is 0 Å². The summed E-state index contributed by atoms with van der Waals surface area (Å²) in [4.78, 5) is 0. The van der Waals surface area contributed by atoms with Gasteiger partial charge < -0.3 is 10.2 Å². The molecule has 0 aromatic heterocycles. The van der Waals surface area contributed by atoms with Gasteiger partial charge in [0.1, 0.15) is 5.75 Å². The summed E-state index contributed by atoms with van der Waals surface area (Å²) in [5.74, 6) is -0.497. The van der Waals surface area contributed by atoms with E-state index >= 15 is 0 Å². The minimum Gasteiger partial charge on any atom is -0.507 e. The second kappa shape index (κ2) is 5.15. The van der Waals surface area contributed by atoms with Crippen LogP contribution in [0.3, 0.4) is 0 Å². The number of alkyl halides is 3. The molecule has 0 aliphatic heterocycles. The van der Waals surface area contributed by atoms with Crippen molar-refractivity contribution in [2.24, 2.45) is 0 Å². The lowest BCUT2D eigenvalue weighted by Crippen LogP contribution is -2.40. The van der Waals surface area contributed by atoms with Gasteiger partial charge in [0.2, 0.25) is 0 Å². The van der Waals surface area contributed by atoms with Crippen LogP contribution in [0.5, 0.6) is 5.75 Å². The zero-order chi connectivity index (χ0) is 17.7. The van der Waals surface area contributed by atoms with Crippen LogP contribution in [0.15, 0.2) is 12.1 Å². The molecular weight excluding hydrogens is 293 g/mol. The number of aromatic hydroxyl groups is 1. The summed E-state index contributed by atoms with van der Waals surface area (Å²) in [7, 11) is 0. The number of phenolic OH excluding ortho intramolecular Hbond substituents is 1. The van der Waals surface area contributed by atoms with E-state index < -0.39 is 33.9 Å². The Kier molecular flexibility index (Phi) is 4.41. The molecule has 0 aliphatic carbocycles. The Morgan fingerprint density at radius 3 is 1.50 bits per heavy atom. The summed E-state index contributed by atoms with van der Waals surface area (Å²) in [6.07, 6.45) is -4.88. The highest BCUT2D eigenvalue weighted by Crippen LogP contribution is 2.46. The molecule has 0 amide bonds. The Labute approximate surface area is 130 Å². The van der Waals surface area contributed by atoms with Crippen LogP contribution in [0.25, 0.3) is 0 Å². The van der Waals surface area contributed by atoms with E-state index in [1.807, 2.05) is 20.8 Å². The number of benzene rings is 1. The first-order valence-corrected chi connectivity index (χ1v) is 7.17. The monoisotopic (exact) mass is 318 g/mol. The topological polar surface area (TPSA) is 40.5 Å². The molecule has 2 N–H and O–H groups in total. The highest BCUT2D eigenvalue weighted by molar-refractivity contribution is 5.51. The summed E-state index contributed by atoms with van der Waals surface area (Å²) in [5, 5.41) is 20.4. The van der Waals surface area contributed by atoms with Gasteiger partial charge in [-0.05, 0) is 34.9 Å². The maximum atomic E-state index is 13.2. The standard InChI is InChI=1S/C17H25F3O2/c1-14(2,3)10-8-11(15(4,5)6)13(21)12(9-10)16(7,22)17(18,19)20/h8-9,21-22H,1-7H3. The van der Waals surface area contributed by atoms with Gasteiger partial charge >= 0.3 is 6.18 Å². The molecule has 0 heterocycles. The highest BCUT2D eigenvalue weighted by atomic mass is 19.4. The molecule has 22 heavy (non-hydrogen) atoms. The van der Waals surface area contributed by atoms with Crippen molar-refractivity contribution < 1.29 is 23.4 Å². The van der Waals surface area contributed by atoms with Gasteiger partial charge in [-0.3, -0.25) is 0 Å². The quantitative estimate of drug-likeness (QED) is 0.784. The lowest BCUT2D eigenvalue weighted by Gasteiger charge is -2.33. The molecule has 0 fully saturated rings. The zero-order valence-electron chi connectivity index (χ0n) is 14.2. The molecule has 1 aromatic carbocycles. The zero-order valence-corrected chi connectivity index (χ0v) is 14.2. The van der Waals surface area contributed by atoms with Crippen molar-refractivity contribution >= 4 is 0 Å². The van der Waals surface area contributed by atoms with Gasteiger partial charge in [-0.25, -0.2) is 0 Å². The molecule has 1 unspecified atom stereocenters. The predicted molar refractivity (Wildman–Crippen MR) is 81.1 cm³/mol. The number of phenols is 1. The van der Waals surface area contributed by atoms with Crippen LogP contribution in [0.2, 0.25) is 0 Å². The van der Waals surface area contributed by atoms with E-state index in [0.29, 0.717) is 18.1 Å². The summed E-state index contributed by atoms with van der Waals surface area (Å²) in [6.45, 7) is 11.7. The van der Waals surface area contributed by atoms with Crippen LogP contribution in [0.1, 0.15) is 65.2 Å². The Morgan fingerprint density at radius 2 is 1.18 bits per heavy atom. The van der Waals surface area contributed by atoms with Gasteiger partial charge in [-0.15, -0.1) is 0 Å². The fraction of sp³-hybridized carbons (Fsp3) is 0.647. The van der Waals surface area contributed by atoms with E-state index in [1.54, 1.807) is 26.8 Å². The van der Waals surface area contributed by atoms with E-state index in [2.05, 4.69) is 0 Å². The van der Waals surface area contributed by atoms with E-state index in [-0.39, 0.29) is 0 Å². The molecule has 0 bridgehead atoms. The fourth-order valence-corrected chi connectivity index (χ4v) is 2.16. The molecule has 0 saturated heterocycles. The first kappa shape index (κ1) is 18.8. The van der Waals surface area contributed by atoms with Crippen LogP contribution in [-0.4, -0.2) is 16.4 Å². The van der Waals surface area contributed by atoms with Gasteiger partial charge in [0, 0.05) is 5.56 Å². The lowest BCUT2D eigenvalue weighted by atomic mass is 9.76. The van der Waals surface area contributed by atoms with Crippen molar-refractivity contribution in [1.29, 1.82) is 0 Å². The second-order valence-corrected chi connectivity index (χ2v) is 7.99. The average Bonchev–Trinajstić information content (AvgIpc) is 2.23. The first-order valence-electron chi connectivity index (χ1n) is 7.17. The summed E-state index contributed by atoms with van der Waals surface area (Å²) >= 11 is 0. The van der Waals surface area contributed by atoms with Crippen molar-refractivity contribution in [3.05, 3.63) is 28.8 Å². The van der Waals surface area contributed by atoms with Crippen molar-refractivity contribution in [3.8, 4) is 5.75 Å². The Balaban J connectivity index is 3.80. The molecule has 126 valence electrons. The van der Waals surface area contributed by atoms with Crippen LogP contribution in [0.4, 0.5) is 13.2 Å². The van der Waals surface area contributed by atoms with E-state index in [1.165, 1.54) is 6.07 Å². The largest absolute Gasteiger partial charge is 0.507 e. The van der Waals surface area contributed by atoms with E-state index in [9.17, 15) is 23.4 Å². The normalized spacial score (nSPS) is 16.5. The molecule has 0 radical (unpaired) electrons. The predicted octanol–water partition coefficient (Wildman–Crippen LogP) is 4.76. The molecule has 0 aliphatic rings. The number of rotatable bonds is 1. The molecule has 1 rings (SSSR count). The van der Waals surface area contributed by atoms with Crippen molar-refractivity contribution in [2.45, 2.75) is 71.1 Å². The maximum Gasteiger partial charge on any atom is 0.421 e. The smallest absolute Gasteiger partial charge is 0.421 e. The summed E-state index contributed by atoms with van der Waals surface area (Å²) in [6, 6.07) is 2.96. The average molecular weight is 318 g/mol. The minimum absolute atomic E-state index is 0.388. The number of hydrogen-bond donors (Lipinski definition) is 2. The Hall–Kier alpha value is -1.23. The molecule has 0 spiro atoms. The number of halogens is 3. The molecule has 0 saturated carbocycles. The van der Waals surface area contributed by atoms with Gasteiger partial charge in [-0.2, -0.15) is 13.2 Å². The highest BCUT2D eigenvalue weighted by Gasteiger charge is 2.53. The lowest BCUT2D eigenvalue weighted by molar-refractivity contribution is -0.259. The van der Waals surface area contributed by atoms with Gasteiger partial charge in [-0.1, -0.05) is 47.6 Å². The van der Waals surface area contributed by atoms with Crippen molar-refractivity contribution in [1.82, 2.24) is 0 Å². The van der Waals surface area contributed by atoms with Crippen molar-refractivity contribution in [2.75, 3.05) is 0 Å². The van der Waals surface area contributed by atoms with Crippen LogP contribution < -0.4 is 0 Å². The van der Waals surface area contributed by atoms with Crippen LogP contribution in [0, 0.1) is 0 Å². The van der Waals surface area contributed by atoms with Gasteiger partial charge in [0.25, 0.3) is 0 Å². The second-order valence-electron chi connectivity index (χ2n) is 7.99. The Bertz CT molecular complexity index is 559. The van der Waals surface area contributed by atoms with Crippen molar-refractivity contribution in [3.63, 3.8) is 0 Å². The summed E-state index contributed by atoms with van der Waals surface area (Å²) < 4.78 is 39.6. The number of aliphatic hydroxyl groups is 1. The van der Waals surface area contributed by atoms with Crippen LogP contribution >= 0.6 is 0 Å². The third-order valence-electron chi connectivity index (χ3n) is 3.86. The van der Waals surface area contributed by atoms with Crippen LogP contribution in [-0.2, 0) is 16.4 Å². The third-order valence-corrected chi connectivity index (χ3v) is 3.86. The molecule has 1 aromatic rings. The molecule has 5 heteroatoms. The van der Waals surface area contributed by atoms with E-state index in [0.717, 1.165) is 0 Å². The fourth-order valence-electron chi connectivity index (χ4n) is 2.16. The maximum absolute atomic E-state index is 13.2. The SMILES string of the molecule is CC(C)(C)c1cc(C(C)(C)C)c(O)c(C(C)(O)C(F)(F)F)c1. The molecule has 1 atom stereocenters. The number of hydrogen-bond acceptors (Lipinski definition) is 2. The molecule has 2 nitrogen and oxygen atoms in total. The third kappa shape index (κ3) is 3.40. The minimum atomic E-state index is -4.88. The van der Waals surface area contributed by atoms with Gasteiger partial charge in [0.15, 0.2) is 5.60 Å². The Morgan fingerprint density at radius 1 is 0.773 bits per heavy atom. The first-order chi connectivity index (χ1) is 9.49. The van der Waals surface area contributed by atoms with Gasteiger partial charge in [0.05, 0.1) is 0 Å².